The summed E-state index contributed by atoms with van der Waals surface area (Å²) in [5.74, 6) is 0.826. The molecule has 2 fully saturated rings. The van der Waals surface area contributed by atoms with Gasteiger partial charge < -0.3 is 19.5 Å². The van der Waals surface area contributed by atoms with Crippen LogP contribution in [0.25, 0.3) is 0 Å². The second kappa shape index (κ2) is 5.24. The van der Waals surface area contributed by atoms with E-state index < -0.39 is 21.7 Å². The van der Waals surface area contributed by atoms with Crippen molar-refractivity contribution >= 4 is 23.2 Å². The first-order chi connectivity index (χ1) is 11.9. The molecule has 1 N–H and O–H groups in total. The first-order valence-corrected chi connectivity index (χ1v) is 8.92. The fraction of sp³-hybridized carbons (Fsp3) is 0.667. The van der Waals surface area contributed by atoms with Crippen LogP contribution in [-0.4, -0.2) is 50.4 Å². The fourth-order valence-corrected chi connectivity index (χ4v) is 6.57. The van der Waals surface area contributed by atoms with E-state index in [1.54, 1.807) is 0 Å². The number of carbonyl (C=O) groups is 2. The third kappa shape index (κ3) is 1.61. The molecule has 1 heterocycles. The summed E-state index contributed by atoms with van der Waals surface area (Å²) in [7, 11) is 4.50. The van der Waals surface area contributed by atoms with Crippen LogP contribution in [0.4, 0.5) is 0 Å². The molecule has 0 bridgehead atoms. The number of alkyl halides is 1. The Labute approximate surface area is 151 Å². The number of Topliss-reactive ketones (excluding diaryl/α,β-unsaturated/α-hetero) is 2. The Bertz CT molecular complexity index is 731. The predicted octanol–water partition coefficient (Wildman–Crippen LogP) is 1.68. The van der Waals surface area contributed by atoms with E-state index in [0.29, 0.717) is 37.3 Å². The van der Waals surface area contributed by atoms with Gasteiger partial charge in [-0.25, -0.2) is 0 Å². The van der Waals surface area contributed by atoms with Crippen LogP contribution in [0.5, 0.6) is 0 Å². The normalized spacial score (nSPS) is 42.6. The van der Waals surface area contributed by atoms with Gasteiger partial charge in [-0.3, -0.25) is 9.59 Å². The van der Waals surface area contributed by atoms with Gasteiger partial charge in [0.2, 0.25) is 17.3 Å². The molecule has 6 nitrogen and oxygen atoms in total. The molecule has 1 saturated heterocycles. The molecule has 3 aliphatic carbocycles. The van der Waals surface area contributed by atoms with Crippen LogP contribution in [0.2, 0.25) is 0 Å². The summed E-state index contributed by atoms with van der Waals surface area (Å²) in [6, 6.07) is 0. The number of ether oxygens (including phenoxy) is 3. The van der Waals surface area contributed by atoms with Crippen molar-refractivity contribution in [3.63, 3.8) is 0 Å². The highest BCUT2D eigenvalue weighted by atomic mass is 35.5. The van der Waals surface area contributed by atoms with Crippen molar-refractivity contribution < 1.29 is 23.8 Å². The zero-order valence-electron chi connectivity index (χ0n) is 14.6. The first-order valence-electron chi connectivity index (χ1n) is 8.48. The SMILES string of the molecule is COC1=CCC2(C1=O)C(Cl)CC13NCCC12CC(=O)C(OC)=C3OC. The molecule has 0 aromatic heterocycles. The quantitative estimate of drug-likeness (QED) is 0.765. The molecular weight excluding hydrogens is 346 g/mol. The fourth-order valence-electron chi connectivity index (χ4n) is 5.94. The average Bonchev–Trinajstić information content (AvgIpc) is 3.18. The van der Waals surface area contributed by atoms with Crippen LogP contribution in [0.1, 0.15) is 25.7 Å². The lowest BCUT2D eigenvalue weighted by atomic mass is 9.53. The summed E-state index contributed by atoms with van der Waals surface area (Å²) in [5.41, 5.74) is -2.16. The molecule has 1 spiro atoms. The van der Waals surface area contributed by atoms with Crippen molar-refractivity contribution in [2.75, 3.05) is 27.9 Å². The average molecular weight is 368 g/mol. The van der Waals surface area contributed by atoms with Crippen molar-refractivity contribution in [3.05, 3.63) is 23.4 Å². The second-order valence-corrected chi connectivity index (χ2v) is 7.81. The third-order valence-electron chi connectivity index (χ3n) is 6.85. The van der Waals surface area contributed by atoms with E-state index in [1.165, 1.54) is 21.3 Å². The zero-order valence-corrected chi connectivity index (χ0v) is 15.4. The van der Waals surface area contributed by atoms with E-state index in [0.717, 1.165) is 0 Å². The molecule has 0 aromatic rings. The van der Waals surface area contributed by atoms with E-state index in [1.807, 2.05) is 6.08 Å². The Kier molecular flexibility index (Phi) is 3.54. The predicted molar refractivity (Wildman–Crippen MR) is 89.9 cm³/mol. The maximum absolute atomic E-state index is 13.3. The van der Waals surface area contributed by atoms with Gasteiger partial charge in [-0.2, -0.15) is 0 Å². The largest absolute Gasteiger partial charge is 0.495 e. The Hall–Kier alpha value is -1.53. The standard InChI is InChI=1S/C18H22ClNO5/c1-23-11-4-5-17(14(11)22)12(19)9-18-15(25-3)13(24-2)10(21)8-16(17,18)6-7-20-18/h4,12,20H,5-9H2,1-3H3. The molecule has 4 unspecified atom stereocenters. The third-order valence-corrected chi connectivity index (χ3v) is 7.37. The summed E-state index contributed by atoms with van der Waals surface area (Å²) in [6.45, 7) is 0.693. The number of hydrogen-bond donors (Lipinski definition) is 1. The maximum atomic E-state index is 13.3. The molecule has 4 aliphatic rings. The molecule has 4 rings (SSSR count). The summed E-state index contributed by atoms with van der Waals surface area (Å²) in [4.78, 5) is 26.2. The number of allylic oxidation sites excluding steroid dienone is 3. The van der Waals surface area contributed by atoms with Gasteiger partial charge in [0.15, 0.2) is 11.5 Å². The molecular formula is C18H22ClNO5. The van der Waals surface area contributed by atoms with Gasteiger partial charge in [0.05, 0.1) is 32.3 Å². The van der Waals surface area contributed by atoms with Crippen molar-refractivity contribution in [2.24, 2.45) is 10.8 Å². The molecule has 136 valence electrons. The number of nitrogens with one attached hydrogen (secondary N) is 1. The van der Waals surface area contributed by atoms with Crippen molar-refractivity contribution in [1.29, 1.82) is 0 Å². The van der Waals surface area contributed by atoms with Crippen LogP contribution in [0.15, 0.2) is 23.4 Å². The lowest BCUT2D eigenvalue weighted by Gasteiger charge is -2.50. The van der Waals surface area contributed by atoms with Crippen LogP contribution >= 0.6 is 11.6 Å². The maximum Gasteiger partial charge on any atom is 0.205 e. The minimum Gasteiger partial charge on any atom is -0.495 e. The van der Waals surface area contributed by atoms with Crippen LogP contribution < -0.4 is 5.32 Å². The number of methoxy groups -OCH3 is 3. The van der Waals surface area contributed by atoms with E-state index in [9.17, 15) is 9.59 Å². The minimum atomic E-state index is -0.859. The summed E-state index contributed by atoms with van der Waals surface area (Å²) in [6.07, 6.45) is 3.71. The van der Waals surface area contributed by atoms with Crippen molar-refractivity contribution in [1.82, 2.24) is 5.32 Å². The van der Waals surface area contributed by atoms with Crippen LogP contribution in [-0.2, 0) is 23.8 Å². The molecule has 0 aromatic carbocycles. The van der Waals surface area contributed by atoms with E-state index in [2.05, 4.69) is 5.32 Å². The van der Waals surface area contributed by atoms with Gasteiger partial charge in [-0.1, -0.05) is 0 Å². The number of ketones is 2. The van der Waals surface area contributed by atoms with Gasteiger partial charge in [0.1, 0.15) is 0 Å². The van der Waals surface area contributed by atoms with Crippen molar-refractivity contribution in [3.8, 4) is 0 Å². The molecule has 1 aliphatic heterocycles. The Morgan fingerprint density at radius 3 is 2.56 bits per heavy atom. The van der Waals surface area contributed by atoms with Gasteiger partial charge in [0, 0.05) is 17.2 Å². The lowest BCUT2D eigenvalue weighted by Crippen LogP contribution is -2.60. The van der Waals surface area contributed by atoms with Gasteiger partial charge in [-0.05, 0) is 31.9 Å². The molecule has 4 atom stereocenters. The van der Waals surface area contributed by atoms with E-state index in [-0.39, 0.29) is 23.7 Å². The van der Waals surface area contributed by atoms with Crippen molar-refractivity contribution in [2.45, 2.75) is 36.6 Å². The topological polar surface area (TPSA) is 73.9 Å². The highest BCUT2D eigenvalue weighted by Crippen LogP contribution is 2.72. The number of halogens is 1. The lowest BCUT2D eigenvalue weighted by molar-refractivity contribution is -0.139. The molecule has 7 heteroatoms. The summed E-state index contributed by atoms with van der Waals surface area (Å²) in [5, 5.41) is 3.10. The smallest absolute Gasteiger partial charge is 0.205 e. The molecule has 25 heavy (non-hydrogen) atoms. The van der Waals surface area contributed by atoms with Crippen LogP contribution in [0.3, 0.4) is 0 Å². The molecule has 0 amide bonds. The Balaban J connectivity index is 1.96. The van der Waals surface area contributed by atoms with Gasteiger partial charge >= 0.3 is 0 Å². The van der Waals surface area contributed by atoms with Crippen LogP contribution in [0, 0.1) is 10.8 Å². The first kappa shape index (κ1) is 16.9. The van der Waals surface area contributed by atoms with E-state index >= 15 is 0 Å². The highest BCUT2D eigenvalue weighted by Gasteiger charge is 2.80. The second-order valence-electron chi connectivity index (χ2n) is 7.28. The van der Waals surface area contributed by atoms with Gasteiger partial charge in [-0.15, -0.1) is 11.6 Å². The highest BCUT2D eigenvalue weighted by molar-refractivity contribution is 6.25. The minimum absolute atomic E-state index is 0.0929. The summed E-state index contributed by atoms with van der Waals surface area (Å²) < 4.78 is 16.3. The number of carbonyl (C=O) groups excluding carboxylic acids is 2. The molecule has 0 radical (unpaired) electrons. The van der Waals surface area contributed by atoms with Gasteiger partial charge in [0.25, 0.3) is 0 Å². The molecule has 1 saturated carbocycles. The van der Waals surface area contributed by atoms with E-state index in [4.69, 9.17) is 25.8 Å². The monoisotopic (exact) mass is 367 g/mol. The number of rotatable bonds is 3. The Morgan fingerprint density at radius 1 is 1.20 bits per heavy atom. The number of hydrogen-bond acceptors (Lipinski definition) is 6. The Morgan fingerprint density at radius 2 is 1.96 bits per heavy atom. The summed E-state index contributed by atoms with van der Waals surface area (Å²) >= 11 is 6.84. The zero-order chi connectivity index (χ0) is 18.0.